The van der Waals surface area contributed by atoms with E-state index in [-0.39, 0.29) is 0 Å². The lowest BCUT2D eigenvalue weighted by Crippen LogP contribution is -2.02. The molecule has 10 heavy (non-hydrogen) atoms. The molecule has 0 aliphatic rings. The monoisotopic (exact) mass is 146 g/mol. The summed E-state index contributed by atoms with van der Waals surface area (Å²) < 4.78 is 3.96. The fraction of sp³-hybridized carbons (Fsp3) is 0.200. The molecule has 0 atom stereocenters. The summed E-state index contributed by atoms with van der Waals surface area (Å²) in [6, 6.07) is 0. The normalized spacial score (nSPS) is 9.70. The quantitative estimate of drug-likeness (QED) is 0.307. The van der Waals surface area contributed by atoms with Crippen LogP contribution in [0.5, 0.6) is 0 Å². The van der Waals surface area contributed by atoms with Gasteiger partial charge in [0.1, 0.15) is 0 Å². The maximum absolute atomic E-state index is 10.2. The van der Waals surface area contributed by atoms with Gasteiger partial charge in [-0.3, -0.25) is 0 Å². The number of aliphatic hydroxyl groups is 1. The van der Waals surface area contributed by atoms with Gasteiger partial charge in [-0.15, -0.1) is 0 Å². The van der Waals surface area contributed by atoms with Gasteiger partial charge in [-0.1, -0.05) is 0 Å². The lowest BCUT2D eigenvalue weighted by molar-refractivity contribution is -0.146. The van der Waals surface area contributed by atoms with Crippen LogP contribution in [0.15, 0.2) is 12.2 Å². The fourth-order valence-electron chi connectivity index (χ4n) is 0.251. The third-order valence-corrected chi connectivity index (χ3v) is 0.569. The third-order valence-electron chi connectivity index (χ3n) is 0.569. The first kappa shape index (κ1) is 8.64. The number of carbonyl (C=O) groups is 2. The van der Waals surface area contributed by atoms with Gasteiger partial charge in [-0.2, -0.15) is 0 Å². The van der Waals surface area contributed by atoms with Crippen LogP contribution in [0, 0.1) is 0 Å². The van der Waals surface area contributed by atoms with E-state index in [4.69, 9.17) is 10.2 Å². The van der Waals surface area contributed by atoms with Crippen LogP contribution in [0.1, 0.15) is 0 Å². The lowest BCUT2D eigenvalue weighted by atomic mass is 10.5. The number of ether oxygens (including phenoxy) is 1. The first-order valence-corrected chi connectivity index (χ1v) is 2.35. The predicted octanol–water partition coefficient (Wildman–Crippen LogP) is -0.880. The van der Waals surface area contributed by atoms with Crippen LogP contribution in [0.2, 0.25) is 0 Å². The first-order chi connectivity index (χ1) is 4.66. The van der Waals surface area contributed by atoms with Crippen LogP contribution in [-0.4, -0.2) is 28.9 Å². The molecule has 5 heteroatoms. The number of carboxylic acids is 1. The molecule has 0 radical (unpaired) electrons. The second-order valence-electron chi connectivity index (χ2n) is 1.26. The summed E-state index contributed by atoms with van der Waals surface area (Å²) in [6.45, 7) is -0.747. The van der Waals surface area contributed by atoms with Gasteiger partial charge < -0.3 is 14.9 Å². The second kappa shape index (κ2) is 4.51. The summed E-state index contributed by atoms with van der Waals surface area (Å²) >= 11 is 0. The summed E-state index contributed by atoms with van der Waals surface area (Å²) in [7, 11) is 0. The lowest BCUT2D eigenvalue weighted by Gasteiger charge is -1.91. The largest absolute Gasteiger partial charge is 0.478 e. The number of hydrogen-bond donors (Lipinski definition) is 2. The van der Waals surface area contributed by atoms with Crippen LogP contribution in [0.4, 0.5) is 0 Å². The molecule has 0 fully saturated rings. The van der Waals surface area contributed by atoms with Crippen molar-refractivity contribution < 1.29 is 24.5 Å². The summed E-state index contributed by atoms with van der Waals surface area (Å²) in [5.74, 6) is -2.13. The van der Waals surface area contributed by atoms with E-state index < -0.39 is 18.7 Å². The maximum Gasteiger partial charge on any atom is 0.333 e. The number of esters is 1. The van der Waals surface area contributed by atoms with Crippen LogP contribution >= 0.6 is 0 Å². The molecule has 0 bridgehead atoms. The molecule has 5 nitrogen and oxygen atoms in total. The number of aliphatic carboxylic acids is 1. The molecule has 0 aliphatic heterocycles. The van der Waals surface area contributed by atoms with Gasteiger partial charge >= 0.3 is 11.9 Å². The summed E-state index contributed by atoms with van der Waals surface area (Å²) in [6.07, 6.45) is 1.33. The minimum Gasteiger partial charge on any atom is -0.478 e. The van der Waals surface area contributed by atoms with Crippen molar-refractivity contribution in [3.05, 3.63) is 12.2 Å². The van der Waals surface area contributed by atoms with Crippen molar-refractivity contribution in [1.82, 2.24) is 0 Å². The highest BCUT2D eigenvalue weighted by Crippen LogP contribution is 1.79. The highest BCUT2D eigenvalue weighted by atomic mass is 16.6. The zero-order valence-electron chi connectivity index (χ0n) is 4.98. The molecule has 0 saturated heterocycles. The minimum atomic E-state index is -1.24. The molecule has 2 N–H and O–H groups in total. The smallest absolute Gasteiger partial charge is 0.333 e. The molecule has 0 spiro atoms. The average molecular weight is 146 g/mol. The molecular formula is C5H6O5. The highest BCUT2D eigenvalue weighted by Gasteiger charge is 1.94. The SMILES string of the molecule is O=C(O)/C=C\C(=O)OCO. The molecule has 0 aromatic heterocycles. The van der Waals surface area contributed by atoms with E-state index in [1.807, 2.05) is 0 Å². The first-order valence-electron chi connectivity index (χ1n) is 2.35. The Bertz CT molecular complexity index is 159. The third kappa shape index (κ3) is 4.79. The highest BCUT2D eigenvalue weighted by molar-refractivity contribution is 5.90. The van der Waals surface area contributed by atoms with Gasteiger partial charge in [0, 0.05) is 12.2 Å². The molecule has 0 saturated carbocycles. The van der Waals surface area contributed by atoms with E-state index in [0.717, 1.165) is 0 Å². The maximum atomic E-state index is 10.2. The molecule has 0 heterocycles. The number of hydrogen-bond acceptors (Lipinski definition) is 4. The van der Waals surface area contributed by atoms with E-state index in [2.05, 4.69) is 4.74 Å². The molecule has 0 aliphatic carbocycles. The number of rotatable bonds is 3. The number of carboxylic acid groups (broad SMARTS) is 1. The Balaban J connectivity index is 3.67. The van der Waals surface area contributed by atoms with Crippen molar-refractivity contribution in [2.75, 3.05) is 6.79 Å². The fourth-order valence-corrected chi connectivity index (χ4v) is 0.251. The number of carbonyl (C=O) groups excluding carboxylic acids is 1. The Morgan fingerprint density at radius 3 is 2.40 bits per heavy atom. The summed E-state index contributed by atoms with van der Waals surface area (Å²) in [5.41, 5.74) is 0. The molecule has 0 amide bonds. The minimum absolute atomic E-state index is 0.623. The van der Waals surface area contributed by atoms with Crippen molar-refractivity contribution in [1.29, 1.82) is 0 Å². The Kier molecular flexibility index (Phi) is 3.90. The van der Waals surface area contributed by atoms with E-state index in [1.165, 1.54) is 0 Å². The van der Waals surface area contributed by atoms with Gasteiger partial charge in [0.25, 0.3) is 0 Å². The topological polar surface area (TPSA) is 83.8 Å². The van der Waals surface area contributed by atoms with Crippen molar-refractivity contribution in [3.63, 3.8) is 0 Å². The van der Waals surface area contributed by atoms with Crippen LogP contribution < -0.4 is 0 Å². The van der Waals surface area contributed by atoms with Gasteiger partial charge in [0.15, 0.2) is 6.79 Å². The Labute approximate surface area is 56.5 Å². The van der Waals surface area contributed by atoms with Gasteiger partial charge in [0.2, 0.25) is 0 Å². The van der Waals surface area contributed by atoms with Crippen molar-refractivity contribution in [2.24, 2.45) is 0 Å². The van der Waals surface area contributed by atoms with Crippen molar-refractivity contribution >= 4 is 11.9 Å². The van der Waals surface area contributed by atoms with E-state index >= 15 is 0 Å². The zero-order chi connectivity index (χ0) is 7.98. The van der Waals surface area contributed by atoms with Gasteiger partial charge in [-0.05, 0) is 0 Å². The van der Waals surface area contributed by atoms with E-state index in [0.29, 0.717) is 12.2 Å². The average Bonchev–Trinajstić information content (AvgIpc) is 1.85. The second-order valence-corrected chi connectivity index (χ2v) is 1.26. The van der Waals surface area contributed by atoms with Crippen LogP contribution in [0.3, 0.4) is 0 Å². The Morgan fingerprint density at radius 2 is 2.00 bits per heavy atom. The Morgan fingerprint density at radius 1 is 1.40 bits per heavy atom. The van der Waals surface area contributed by atoms with Crippen molar-refractivity contribution in [3.8, 4) is 0 Å². The Hall–Kier alpha value is -1.36. The van der Waals surface area contributed by atoms with Gasteiger partial charge in [-0.25, -0.2) is 9.59 Å². The molecule has 0 aromatic rings. The molecule has 0 aromatic carbocycles. The zero-order valence-corrected chi connectivity index (χ0v) is 4.98. The van der Waals surface area contributed by atoms with Crippen LogP contribution in [-0.2, 0) is 14.3 Å². The van der Waals surface area contributed by atoms with E-state index in [1.54, 1.807) is 0 Å². The van der Waals surface area contributed by atoms with Crippen LogP contribution in [0.25, 0.3) is 0 Å². The predicted molar refractivity (Wildman–Crippen MR) is 30.0 cm³/mol. The molecule has 56 valence electrons. The molecule has 0 rings (SSSR count). The van der Waals surface area contributed by atoms with Gasteiger partial charge in [0.05, 0.1) is 0 Å². The molecule has 0 unspecified atom stereocenters. The summed E-state index contributed by atoms with van der Waals surface area (Å²) in [5, 5.41) is 16.0. The summed E-state index contributed by atoms with van der Waals surface area (Å²) in [4.78, 5) is 20.0. The standard InChI is InChI=1S/C5H6O5/c6-3-10-5(9)2-1-4(7)8/h1-2,6H,3H2,(H,7,8)/b2-1-. The van der Waals surface area contributed by atoms with E-state index in [9.17, 15) is 9.59 Å². The number of aliphatic hydroxyl groups excluding tert-OH is 1. The molecular weight excluding hydrogens is 140 g/mol. The van der Waals surface area contributed by atoms with Crippen molar-refractivity contribution in [2.45, 2.75) is 0 Å².